The molecule has 6 nitrogen and oxygen atoms in total. The first kappa shape index (κ1) is 27.8. The monoisotopic (exact) mass is 548 g/mol. The smallest absolute Gasteiger partial charge is 0.251 e. The van der Waals surface area contributed by atoms with E-state index in [-0.39, 0.29) is 28.5 Å². The minimum Gasteiger partial charge on any atom is -0.497 e. The zero-order valence-electron chi connectivity index (χ0n) is 20.7. The van der Waals surface area contributed by atoms with Crippen LogP contribution in [0.15, 0.2) is 66.7 Å². The summed E-state index contributed by atoms with van der Waals surface area (Å²) in [7, 11) is -2.03. The fourth-order valence-electron chi connectivity index (χ4n) is 3.82. The van der Waals surface area contributed by atoms with Crippen LogP contribution < -0.4 is 14.4 Å². The number of hydrogen-bond donors (Lipinski definition) is 1. The highest BCUT2D eigenvalue weighted by Gasteiger charge is 2.22. The van der Waals surface area contributed by atoms with Crippen molar-refractivity contribution in [1.29, 1.82) is 0 Å². The second kappa shape index (κ2) is 12.0. The van der Waals surface area contributed by atoms with E-state index >= 15 is 0 Å². The Morgan fingerprint density at radius 2 is 1.64 bits per heavy atom. The molecule has 0 bridgehead atoms. The first-order chi connectivity index (χ1) is 17.0. The average molecular weight is 550 g/mol. The average Bonchev–Trinajstić information content (AvgIpc) is 2.83. The van der Waals surface area contributed by atoms with Crippen LogP contribution in [0.25, 0.3) is 0 Å². The van der Waals surface area contributed by atoms with Crippen molar-refractivity contribution >= 4 is 44.8 Å². The van der Waals surface area contributed by atoms with Gasteiger partial charge in [0.2, 0.25) is 10.0 Å². The van der Waals surface area contributed by atoms with Gasteiger partial charge in [0.15, 0.2) is 0 Å². The maximum atomic E-state index is 13.1. The number of carbonyl (C=O) groups is 1. The summed E-state index contributed by atoms with van der Waals surface area (Å²) < 4.78 is 31.5. The number of nitrogens with one attached hydrogen (secondary N) is 1. The van der Waals surface area contributed by atoms with Crippen LogP contribution in [0, 0.1) is 5.92 Å². The molecule has 0 saturated carbocycles. The van der Waals surface area contributed by atoms with Gasteiger partial charge in [-0.15, -0.1) is 0 Å². The lowest BCUT2D eigenvalue weighted by Gasteiger charge is -2.24. The molecule has 192 valence electrons. The van der Waals surface area contributed by atoms with E-state index in [9.17, 15) is 13.2 Å². The lowest BCUT2D eigenvalue weighted by atomic mass is 9.96. The summed E-state index contributed by atoms with van der Waals surface area (Å²) in [5.74, 6) is 0.923. The molecular weight excluding hydrogens is 519 g/mol. The molecule has 1 amide bonds. The van der Waals surface area contributed by atoms with Gasteiger partial charge in [-0.05, 0) is 59.9 Å². The van der Waals surface area contributed by atoms with Gasteiger partial charge in [0.05, 0.1) is 41.7 Å². The number of benzene rings is 3. The van der Waals surface area contributed by atoms with E-state index in [1.165, 1.54) is 4.31 Å². The van der Waals surface area contributed by atoms with Crippen LogP contribution in [0.5, 0.6) is 5.75 Å². The van der Waals surface area contributed by atoms with E-state index in [2.05, 4.69) is 19.2 Å². The molecule has 1 N–H and O–H groups in total. The molecule has 9 heteroatoms. The highest BCUT2D eigenvalue weighted by molar-refractivity contribution is 7.92. The Balaban J connectivity index is 1.79. The number of ether oxygens (including phenoxy) is 1. The Morgan fingerprint density at radius 3 is 2.19 bits per heavy atom. The second-order valence-electron chi connectivity index (χ2n) is 8.97. The summed E-state index contributed by atoms with van der Waals surface area (Å²) in [5, 5.41) is 3.55. The van der Waals surface area contributed by atoms with Gasteiger partial charge < -0.3 is 10.1 Å². The highest BCUT2D eigenvalue weighted by atomic mass is 35.5. The Bertz CT molecular complexity index is 1290. The van der Waals surface area contributed by atoms with Crippen LogP contribution in [0.3, 0.4) is 0 Å². The van der Waals surface area contributed by atoms with Gasteiger partial charge in [0.25, 0.3) is 5.91 Å². The Labute approximate surface area is 223 Å². The molecule has 3 aromatic carbocycles. The number of halogens is 2. The molecule has 3 aromatic rings. The topological polar surface area (TPSA) is 75.7 Å². The van der Waals surface area contributed by atoms with Crippen molar-refractivity contribution in [1.82, 2.24) is 5.32 Å². The molecule has 36 heavy (non-hydrogen) atoms. The molecule has 0 aliphatic heterocycles. The molecule has 0 aliphatic rings. The van der Waals surface area contributed by atoms with Crippen molar-refractivity contribution < 1.29 is 17.9 Å². The van der Waals surface area contributed by atoms with E-state index in [0.717, 1.165) is 24.0 Å². The lowest BCUT2D eigenvalue weighted by molar-refractivity contribution is 0.0932. The second-order valence-corrected chi connectivity index (χ2v) is 11.7. The van der Waals surface area contributed by atoms with Crippen molar-refractivity contribution in [2.45, 2.75) is 32.9 Å². The minimum absolute atomic E-state index is 0.0443. The molecule has 0 radical (unpaired) electrons. The normalized spacial score (nSPS) is 12.3. The standard InChI is InChI=1S/C27H30Cl2N2O4S/c1-18(2)16-24(20-12-14-22(35-3)15-13-20)30-27(32)21-10-8-19(9-11-21)17-31(36(4,33)34)25-7-5-6-23(28)26(25)29/h5-15,18,24H,16-17H2,1-4H3,(H,30,32)/t24-/m0/s1. The number of carbonyl (C=O) groups excluding carboxylic acids is 1. The maximum absolute atomic E-state index is 13.1. The minimum atomic E-state index is -3.64. The third-order valence-corrected chi connectivity index (χ3v) is 7.61. The predicted molar refractivity (Wildman–Crippen MR) is 147 cm³/mol. The molecule has 3 rings (SSSR count). The van der Waals surface area contributed by atoms with Crippen molar-refractivity contribution in [2.24, 2.45) is 5.92 Å². The van der Waals surface area contributed by atoms with Crippen molar-refractivity contribution in [3.8, 4) is 5.75 Å². The van der Waals surface area contributed by atoms with Gasteiger partial charge in [-0.25, -0.2) is 8.42 Å². The van der Waals surface area contributed by atoms with E-state index < -0.39 is 10.0 Å². The summed E-state index contributed by atoms with van der Waals surface area (Å²) >= 11 is 12.4. The summed E-state index contributed by atoms with van der Waals surface area (Å²) in [5.41, 5.74) is 2.47. The molecule has 0 saturated heterocycles. The van der Waals surface area contributed by atoms with Gasteiger partial charge in [0, 0.05) is 5.56 Å². The summed E-state index contributed by atoms with van der Waals surface area (Å²) in [6.45, 7) is 4.26. The molecule has 0 unspecified atom stereocenters. The fourth-order valence-corrected chi connectivity index (χ4v) is 5.16. The van der Waals surface area contributed by atoms with Crippen LogP contribution in [0.4, 0.5) is 5.69 Å². The van der Waals surface area contributed by atoms with Crippen molar-refractivity contribution in [2.75, 3.05) is 17.7 Å². The first-order valence-electron chi connectivity index (χ1n) is 11.4. The third-order valence-electron chi connectivity index (χ3n) is 5.67. The largest absolute Gasteiger partial charge is 0.497 e. The SMILES string of the molecule is COc1ccc([C@H](CC(C)C)NC(=O)c2ccc(CN(c3cccc(Cl)c3Cl)S(C)(=O)=O)cc2)cc1. The van der Waals surface area contributed by atoms with Gasteiger partial charge in [-0.2, -0.15) is 0 Å². The number of methoxy groups -OCH3 is 1. The zero-order valence-corrected chi connectivity index (χ0v) is 23.0. The van der Waals surface area contributed by atoms with E-state index in [0.29, 0.717) is 22.7 Å². The highest BCUT2D eigenvalue weighted by Crippen LogP contribution is 2.34. The van der Waals surface area contributed by atoms with Crippen molar-refractivity contribution in [3.63, 3.8) is 0 Å². The van der Waals surface area contributed by atoms with Crippen molar-refractivity contribution in [3.05, 3.63) is 93.5 Å². The molecule has 0 spiro atoms. The summed E-state index contributed by atoms with van der Waals surface area (Å²) in [6, 6.07) is 19.2. The van der Waals surface area contributed by atoms with Crippen LogP contribution in [0.2, 0.25) is 10.0 Å². The van der Waals surface area contributed by atoms with Crippen LogP contribution in [-0.2, 0) is 16.6 Å². The number of amides is 1. The number of rotatable bonds is 10. The quantitative estimate of drug-likeness (QED) is 0.314. The third kappa shape index (κ3) is 7.15. The zero-order chi connectivity index (χ0) is 26.5. The Kier molecular flexibility index (Phi) is 9.28. The van der Waals surface area contributed by atoms with E-state index in [1.807, 2.05) is 24.3 Å². The Hall–Kier alpha value is -2.74. The van der Waals surface area contributed by atoms with Gasteiger partial charge >= 0.3 is 0 Å². The number of anilines is 1. The predicted octanol–water partition coefficient (Wildman–Crippen LogP) is 6.49. The van der Waals surface area contributed by atoms with Crippen LogP contribution in [0.1, 0.15) is 47.8 Å². The van der Waals surface area contributed by atoms with Gasteiger partial charge in [0.1, 0.15) is 5.75 Å². The number of nitrogens with zero attached hydrogens (tertiary/aromatic N) is 1. The Morgan fingerprint density at radius 1 is 1.00 bits per heavy atom. The summed E-state index contributed by atoms with van der Waals surface area (Å²) in [4.78, 5) is 13.1. The lowest BCUT2D eigenvalue weighted by Crippen LogP contribution is -2.30. The fraction of sp³-hybridized carbons (Fsp3) is 0.296. The van der Waals surface area contributed by atoms with E-state index in [1.54, 1.807) is 49.6 Å². The van der Waals surface area contributed by atoms with Crippen LogP contribution >= 0.6 is 23.2 Å². The molecule has 0 aromatic heterocycles. The van der Waals surface area contributed by atoms with Gasteiger partial charge in [-0.3, -0.25) is 9.10 Å². The molecule has 0 aliphatic carbocycles. The van der Waals surface area contributed by atoms with E-state index in [4.69, 9.17) is 27.9 Å². The summed E-state index contributed by atoms with van der Waals surface area (Å²) in [6.07, 6.45) is 1.89. The van der Waals surface area contributed by atoms with Gasteiger partial charge in [-0.1, -0.05) is 67.4 Å². The number of hydrogen-bond acceptors (Lipinski definition) is 4. The first-order valence-corrected chi connectivity index (χ1v) is 14.1. The molecule has 0 fully saturated rings. The number of sulfonamides is 1. The molecule has 1 atom stereocenters. The molecular formula is C27H30Cl2N2O4S. The maximum Gasteiger partial charge on any atom is 0.251 e. The van der Waals surface area contributed by atoms with Crippen LogP contribution in [-0.4, -0.2) is 27.7 Å². The molecule has 0 heterocycles.